The normalized spacial score (nSPS) is 16.9. The van der Waals surface area contributed by atoms with Gasteiger partial charge >= 0.3 is 0 Å². The molecule has 40 heavy (non-hydrogen) atoms. The third-order valence-electron chi connectivity index (χ3n) is 7.18. The van der Waals surface area contributed by atoms with Crippen molar-refractivity contribution in [2.75, 3.05) is 19.6 Å². The highest BCUT2D eigenvalue weighted by molar-refractivity contribution is 7.89. The maximum atomic E-state index is 13.6. The summed E-state index contributed by atoms with van der Waals surface area (Å²) in [4.78, 5) is 21.9. The van der Waals surface area contributed by atoms with Crippen molar-refractivity contribution in [1.82, 2.24) is 34.4 Å². The van der Waals surface area contributed by atoms with Crippen LogP contribution in [0, 0.1) is 5.92 Å². The van der Waals surface area contributed by atoms with E-state index in [9.17, 15) is 13.2 Å². The van der Waals surface area contributed by atoms with Crippen molar-refractivity contribution in [3.63, 3.8) is 0 Å². The fraction of sp³-hybridized carbons (Fsp3) is 0.345. The fourth-order valence-electron chi connectivity index (χ4n) is 5.01. The van der Waals surface area contributed by atoms with Crippen LogP contribution in [-0.4, -0.2) is 63.0 Å². The average Bonchev–Trinajstić information content (AvgIpc) is 3.38. The van der Waals surface area contributed by atoms with E-state index in [1.807, 2.05) is 28.8 Å². The largest absolute Gasteiger partial charge is 0.356 e. The monoisotopic (exact) mass is 559 g/mol. The van der Waals surface area contributed by atoms with E-state index in [0.29, 0.717) is 63.4 Å². The summed E-state index contributed by atoms with van der Waals surface area (Å²) >= 11 is 0. The predicted molar refractivity (Wildman–Crippen MR) is 150 cm³/mol. The Morgan fingerprint density at radius 2 is 1.70 bits per heavy atom. The topological polar surface area (TPSA) is 123 Å². The Kier molecular flexibility index (Phi) is 8.92. The van der Waals surface area contributed by atoms with Crippen molar-refractivity contribution < 1.29 is 13.2 Å². The number of aromatic nitrogens is 5. The SMILES string of the molecule is O=C(NCCc1cccnc1)C1CCCN(S(=O)(=O)c2ccccc2)CCc2nnc(-c3cccnc3)n2CC1. The van der Waals surface area contributed by atoms with E-state index < -0.39 is 10.0 Å². The summed E-state index contributed by atoms with van der Waals surface area (Å²) in [5.74, 6) is 1.03. The van der Waals surface area contributed by atoms with E-state index in [1.165, 1.54) is 4.31 Å². The molecule has 1 aliphatic rings. The van der Waals surface area contributed by atoms with Gasteiger partial charge in [0.05, 0.1) is 4.90 Å². The maximum Gasteiger partial charge on any atom is 0.243 e. The molecular formula is C29H33N7O3S. The van der Waals surface area contributed by atoms with Crippen LogP contribution < -0.4 is 5.32 Å². The van der Waals surface area contributed by atoms with Gasteiger partial charge in [-0.25, -0.2) is 8.42 Å². The third-order valence-corrected chi connectivity index (χ3v) is 9.09. The second-order valence-electron chi connectivity index (χ2n) is 9.83. The lowest BCUT2D eigenvalue weighted by Gasteiger charge is -2.22. The van der Waals surface area contributed by atoms with E-state index in [2.05, 4.69) is 25.5 Å². The zero-order valence-corrected chi connectivity index (χ0v) is 23.1. The van der Waals surface area contributed by atoms with Crippen LogP contribution in [0.2, 0.25) is 0 Å². The molecule has 0 spiro atoms. The number of sulfonamides is 1. The maximum absolute atomic E-state index is 13.6. The van der Waals surface area contributed by atoms with Gasteiger partial charge in [-0.05, 0) is 61.6 Å². The quantitative estimate of drug-likeness (QED) is 0.369. The molecule has 1 aliphatic heterocycles. The van der Waals surface area contributed by atoms with Crippen LogP contribution in [-0.2, 0) is 34.2 Å². The number of hydrogen-bond acceptors (Lipinski definition) is 7. The van der Waals surface area contributed by atoms with Crippen molar-refractivity contribution in [2.45, 2.75) is 43.5 Å². The van der Waals surface area contributed by atoms with Gasteiger partial charge in [0.1, 0.15) is 5.82 Å². The average molecular weight is 560 g/mol. The fourth-order valence-corrected chi connectivity index (χ4v) is 6.51. The Bertz CT molecular complexity index is 1500. The van der Waals surface area contributed by atoms with E-state index in [0.717, 1.165) is 11.1 Å². The molecule has 0 aliphatic carbocycles. The minimum atomic E-state index is -3.71. The lowest BCUT2D eigenvalue weighted by molar-refractivity contribution is -0.125. The van der Waals surface area contributed by atoms with Gasteiger partial charge < -0.3 is 9.88 Å². The number of benzene rings is 1. The van der Waals surface area contributed by atoms with Gasteiger partial charge in [0.2, 0.25) is 15.9 Å². The number of rotatable bonds is 7. The lowest BCUT2D eigenvalue weighted by atomic mass is 9.98. The van der Waals surface area contributed by atoms with Gasteiger partial charge in [-0.15, -0.1) is 10.2 Å². The van der Waals surface area contributed by atoms with Crippen LogP contribution in [0.4, 0.5) is 0 Å². The van der Waals surface area contributed by atoms with E-state index in [4.69, 9.17) is 0 Å². The highest BCUT2D eigenvalue weighted by Crippen LogP contribution is 2.24. The number of carbonyl (C=O) groups excluding carboxylic acids is 1. The summed E-state index contributed by atoms with van der Waals surface area (Å²) in [6, 6.07) is 16.1. The number of carbonyl (C=O) groups is 1. The highest BCUT2D eigenvalue weighted by atomic mass is 32.2. The zero-order chi connectivity index (χ0) is 27.8. The first kappa shape index (κ1) is 27.6. The summed E-state index contributed by atoms with van der Waals surface area (Å²) in [5.41, 5.74) is 1.88. The zero-order valence-electron chi connectivity index (χ0n) is 22.3. The molecule has 0 bridgehead atoms. The Labute approximate surface area is 234 Å². The lowest BCUT2D eigenvalue weighted by Crippen LogP contribution is -2.35. The summed E-state index contributed by atoms with van der Waals surface area (Å²) in [7, 11) is -3.71. The molecule has 3 aromatic heterocycles. The number of fused-ring (bicyclic) bond motifs is 1. The number of amides is 1. The minimum absolute atomic E-state index is 0.0295. The van der Waals surface area contributed by atoms with Crippen LogP contribution >= 0.6 is 0 Å². The summed E-state index contributed by atoms with van der Waals surface area (Å²) in [6.07, 6.45) is 9.78. The first-order valence-corrected chi connectivity index (χ1v) is 15.0. The molecule has 11 heteroatoms. The second kappa shape index (κ2) is 12.9. The minimum Gasteiger partial charge on any atom is -0.356 e. The number of nitrogens with zero attached hydrogens (tertiary/aromatic N) is 6. The van der Waals surface area contributed by atoms with Gasteiger partial charge in [-0.1, -0.05) is 24.3 Å². The van der Waals surface area contributed by atoms with Crippen LogP contribution in [0.1, 0.15) is 30.7 Å². The van der Waals surface area contributed by atoms with Crippen molar-refractivity contribution in [1.29, 1.82) is 0 Å². The Morgan fingerprint density at radius 3 is 2.45 bits per heavy atom. The molecule has 0 radical (unpaired) electrons. The smallest absolute Gasteiger partial charge is 0.243 e. The van der Waals surface area contributed by atoms with Gasteiger partial charge in [0, 0.05) is 68.9 Å². The Hall–Kier alpha value is -3.96. The van der Waals surface area contributed by atoms with Gasteiger partial charge in [0.25, 0.3) is 0 Å². The first-order chi connectivity index (χ1) is 19.5. The molecule has 1 atom stereocenters. The van der Waals surface area contributed by atoms with E-state index in [1.54, 1.807) is 55.1 Å². The third kappa shape index (κ3) is 6.60. The molecule has 10 nitrogen and oxygen atoms in total. The summed E-state index contributed by atoms with van der Waals surface area (Å²) in [5, 5.41) is 12.0. The molecule has 0 saturated heterocycles. The Morgan fingerprint density at radius 1 is 0.900 bits per heavy atom. The molecule has 5 rings (SSSR count). The van der Waals surface area contributed by atoms with Crippen molar-refractivity contribution >= 4 is 15.9 Å². The van der Waals surface area contributed by atoms with Crippen LogP contribution in [0.25, 0.3) is 11.4 Å². The van der Waals surface area contributed by atoms with Crippen LogP contribution in [0.3, 0.4) is 0 Å². The molecule has 1 amide bonds. The molecule has 208 valence electrons. The van der Waals surface area contributed by atoms with Crippen LogP contribution in [0.5, 0.6) is 0 Å². The standard InChI is InChI=1S/C29H33N7O3S/c37-29(32-17-12-23-7-4-15-30-21-23)24-9-6-18-35(40(38,39)26-10-2-1-3-11-26)19-14-27-33-34-28(36(27)20-13-24)25-8-5-16-31-22-25/h1-5,7-8,10-11,15-16,21-22,24H,6,9,12-14,17-20H2,(H,32,37). The van der Waals surface area contributed by atoms with Crippen molar-refractivity contribution in [3.05, 3.63) is 90.8 Å². The van der Waals surface area contributed by atoms with Gasteiger partial charge in [-0.3, -0.25) is 14.8 Å². The van der Waals surface area contributed by atoms with Crippen molar-refractivity contribution in [2.24, 2.45) is 5.92 Å². The van der Waals surface area contributed by atoms with E-state index >= 15 is 0 Å². The molecule has 4 aromatic rings. The summed E-state index contributed by atoms with van der Waals surface area (Å²) in [6.45, 7) is 1.64. The molecule has 1 unspecified atom stereocenters. The molecule has 1 aromatic carbocycles. The number of pyridine rings is 2. The molecule has 1 N–H and O–H groups in total. The molecule has 4 heterocycles. The van der Waals surface area contributed by atoms with Crippen molar-refractivity contribution in [3.8, 4) is 11.4 Å². The highest BCUT2D eigenvalue weighted by Gasteiger charge is 2.28. The van der Waals surface area contributed by atoms with Crippen LogP contribution in [0.15, 0.2) is 84.3 Å². The van der Waals surface area contributed by atoms with Gasteiger partial charge in [-0.2, -0.15) is 4.31 Å². The number of nitrogens with one attached hydrogen (secondary N) is 1. The number of hydrogen-bond donors (Lipinski definition) is 1. The van der Waals surface area contributed by atoms with E-state index in [-0.39, 0.29) is 23.3 Å². The first-order valence-electron chi connectivity index (χ1n) is 13.6. The molecular weight excluding hydrogens is 526 g/mol. The molecule has 0 fully saturated rings. The second-order valence-corrected chi connectivity index (χ2v) is 11.8. The Balaban J connectivity index is 1.39. The predicted octanol–water partition coefficient (Wildman–Crippen LogP) is 3.13. The van der Waals surface area contributed by atoms with Gasteiger partial charge in [0.15, 0.2) is 5.82 Å². The molecule has 0 saturated carbocycles. The summed E-state index contributed by atoms with van der Waals surface area (Å²) < 4.78 is 30.6.